The summed E-state index contributed by atoms with van der Waals surface area (Å²) in [6.45, 7) is 0.801. The molecule has 2 aromatic carbocycles. The van der Waals surface area contributed by atoms with Gasteiger partial charge in [-0.1, -0.05) is 42.1 Å². The standard InChI is InChI=1S/C22H20N2O3S/c25-21-13-16(14-24(21)15-17-7-6-12-27-17)22(26)23-19-10-4-5-11-20(19)28-18-8-2-1-3-9-18/h1-12,16H,13-15H2,(H,23,26). The fourth-order valence-electron chi connectivity index (χ4n) is 3.20. The van der Waals surface area contributed by atoms with E-state index < -0.39 is 0 Å². The predicted octanol–water partition coefficient (Wildman–Crippen LogP) is 4.42. The van der Waals surface area contributed by atoms with E-state index in [1.165, 1.54) is 0 Å². The number of amides is 2. The van der Waals surface area contributed by atoms with E-state index in [0.717, 1.165) is 21.2 Å². The van der Waals surface area contributed by atoms with Gasteiger partial charge in [-0.2, -0.15) is 0 Å². The highest BCUT2D eigenvalue weighted by atomic mass is 32.2. The van der Waals surface area contributed by atoms with Crippen molar-refractivity contribution in [3.63, 3.8) is 0 Å². The highest BCUT2D eigenvalue weighted by Gasteiger charge is 2.34. The molecule has 2 heterocycles. The first-order valence-electron chi connectivity index (χ1n) is 9.12. The third kappa shape index (κ3) is 4.28. The fraction of sp³-hybridized carbons (Fsp3) is 0.182. The molecule has 0 saturated carbocycles. The molecule has 5 nitrogen and oxygen atoms in total. The molecular weight excluding hydrogens is 372 g/mol. The quantitative estimate of drug-likeness (QED) is 0.675. The highest BCUT2D eigenvalue weighted by molar-refractivity contribution is 7.99. The van der Waals surface area contributed by atoms with Gasteiger partial charge in [-0.25, -0.2) is 0 Å². The monoisotopic (exact) mass is 392 g/mol. The minimum atomic E-state index is -0.364. The van der Waals surface area contributed by atoms with Crippen molar-refractivity contribution in [1.82, 2.24) is 4.90 Å². The van der Waals surface area contributed by atoms with Gasteiger partial charge in [0.1, 0.15) is 5.76 Å². The molecule has 0 bridgehead atoms. The lowest BCUT2D eigenvalue weighted by molar-refractivity contribution is -0.128. The molecule has 1 aliphatic heterocycles. The maximum atomic E-state index is 12.8. The number of rotatable bonds is 6. The smallest absolute Gasteiger partial charge is 0.229 e. The van der Waals surface area contributed by atoms with Crippen LogP contribution in [0.5, 0.6) is 0 Å². The molecule has 6 heteroatoms. The van der Waals surface area contributed by atoms with E-state index >= 15 is 0 Å². The topological polar surface area (TPSA) is 62.6 Å². The minimum absolute atomic E-state index is 0.0245. The van der Waals surface area contributed by atoms with E-state index in [0.29, 0.717) is 13.1 Å². The number of benzene rings is 2. The highest BCUT2D eigenvalue weighted by Crippen LogP contribution is 2.33. The van der Waals surface area contributed by atoms with E-state index in [9.17, 15) is 9.59 Å². The van der Waals surface area contributed by atoms with E-state index in [1.54, 1.807) is 29.0 Å². The largest absolute Gasteiger partial charge is 0.467 e. The van der Waals surface area contributed by atoms with Gasteiger partial charge in [0.2, 0.25) is 11.8 Å². The van der Waals surface area contributed by atoms with Crippen LogP contribution in [-0.2, 0) is 16.1 Å². The van der Waals surface area contributed by atoms with Crippen LogP contribution in [-0.4, -0.2) is 23.3 Å². The van der Waals surface area contributed by atoms with Crippen LogP contribution < -0.4 is 5.32 Å². The molecule has 1 aromatic heterocycles. The number of furan rings is 1. The summed E-state index contributed by atoms with van der Waals surface area (Å²) in [7, 11) is 0. The van der Waals surface area contributed by atoms with Gasteiger partial charge in [0.15, 0.2) is 0 Å². The Morgan fingerprint density at radius 3 is 2.64 bits per heavy atom. The van der Waals surface area contributed by atoms with Crippen LogP contribution in [0.25, 0.3) is 0 Å². The van der Waals surface area contributed by atoms with E-state index in [2.05, 4.69) is 5.32 Å². The number of hydrogen-bond acceptors (Lipinski definition) is 4. The average molecular weight is 392 g/mol. The Labute approximate surface area is 167 Å². The second-order valence-corrected chi connectivity index (χ2v) is 7.77. The summed E-state index contributed by atoms with van der Waals surface area (Å²) < 4.78 is 5.31. The van der Waals surface area contributed by atoms with Crippen LogP contribution in [0.15, 0.2) is 87.2 Å². The van der Waals surface area contributed by atoms with Crippen molar-refractivity contribution in [2.45, 2.75) is 22.8 Å². The fourth-order valence-corrected chi connectivity index (χ4v) is 4.12. The number of anilines is 1. The molecule has 142 valence electrons. The van der Waals surface area contributed by atoms with Crippen molar-refractivity contribution in [2.24, 2.45) is 5.92 Å². The second kappa shape index (κ2) is 8.35. The van der Waals surface area contributed by atoms with Crippen molar-refractivity contribution in [2.75, 3.05) is 11.9 Å². The van der Waals surface area contributed by atoms with Crippen LogP contribution >= 0.6 is 11.8 Å². The van der Waals surface area contributed by atoms with Gasteiger partial charge in [-0.05, 0) is 36.4 Å². The number of likely N-dealkylation sites (tertiary alicyclic amines) is 1. The minimum Gasteiger partial charge on any atom is -0.467 e. The second-order valence-electron chi connectivity index (χ2n) is 6.66. The zero-order valence-corrected chi connectivity index (χ0v) is 16.0. The number of carbonyl (C=O) groups excluding carboxylic acids is 2. The van der Waals surface area contributed by atoms with Crippen LogP contribution in [0.3, 0.4) is 0 Å². The summed E-state index contributed by atoms with van der Waals surface area (Å²) in [5, 5.41) is 3.01. The zero-order valence-electron chi connectivity index (χ0n) is 15.2. The van der Waals surface area contributed by atoms with Crippen molar-refractivity contribution in [3.8, 4) is 0 Å². The average Bonchev–Trinajstić information content (AvgIpc) is 3.35. The maximum absolute atomic E-state index is 12.8. The van der Waals surface area contributed by atoms with Crippen LogP contribution in [0.4, 0.5) is 5.69 Å². The van der Waals surface area contributed by atoms with Gasteiger partial charge in [0.05, 0.1) is 24.4 Å². The van der Waals surface area contributed by atoms with E-state index in [4.69, 9.17) is 4.42 Å². The molecule has 1 fully saturated rings. The SMILES string of the molecule is O=C(Nc1ccccc1Sc1ccccc1)C1CC(=O)N(Cc2ccco2)C1. The molecule has 1 N–H and O–H groups in total. The summed E-state index contributed by atoms with van der Waals surface area (Å²) in [5.74, 6) is 0.205. The molecule has 0 radical (unpaired) electrons. The molecule has 2 amide bonds. The Morgan fingerprint density at radius 1 is 1.07 bits per heavy atom. The van der Waals surface area contributed by atoms with Gasteiger partial charge in [-0.3, -0.25) is 9.59 Å². The molecule has 1 saturated heterocycles. The zero-order chi connectivity index (χ0) is 19.3. The number of nitrogens with zero attached hydrogens (tertiary/aromatic N) is 1. The van der Waals surface area contributed by atoms with Gasteiger partial charge in [0.25, 0.3) is 0 Å². The molecule has 1 atom stereocenters. The Balaban J connectivity index is 1.42. The van der Waals surface area contributed by atoms with Crippen molar-refractivity contribution >= 4 is 29.3 Å². The van der Waals surface area contributed by atoms with Gasteiger partial charge in [0, 0.05) is 22.8 Å². The normalized spacial score (nSPS) is 16.4. The number of carbonyl (C=O) groups is 2. The van der Waals surface area contributed by atoms with Gasteiger partial charge >= 0.3 is 0 Å². The third-order valence-corrected chi connectivity index (χ3v) is 5.71. The first kappa shape index (κ1) is 18.4. The third-order valence-electron chi connectivity index (χ3n) is 4.63. The van der Waals surface area contributed by atoms with Crippen LogP contribution in [0.1, 0.15) is 12.2 Å². The summed E-state index contributed by atoms with van der Waals surface area (Å²) in [4.78, 5) is 28.8. The molecule has 1 unspecified atom stereocenters. The summed E-state index contributed by atoms with van der Waals surface area (Å²) >= 11 is 1.60. The number of para-hydroxylation sites is 1. The maximum Gasteiger partial charge on any atom is 0.229 e. The van der Waals surface area contributed by atoms with Gasteiger partial charge in [-0.15, -0.1) is 0 Å². The van der Waals surface area contributed by atoms with Crippen molar-refractivity contribution in [3.05, 3.63) is 78.8 Å². The summed E-state index contributed by atoms with van der Waals surface area (Å²) in [6.07, 6.45) is 1.81. The van der Waals surface area contributed by atoms with E-state index in [-0.39, 0.29) is 24.2 Å². The Bertz CT molecular complexity index is 957. The van der Waals surface area contributed by atoms with Crippen molar-refractivity contribution < 1.29 is 14.0 Å². The Morgan fingerprint density at radius 2 is 1.86 bits per heavy atom. The predicted molar refractivity (Wildman–Crippen MR) is 108 cm³/mol. The molecule has 4 rings (SSSR count). The summed E-state index contributed by atoms with van der Waals surface area (Å²) in [5.41, 5.74) is 0.762. The summed E-state index contributed by atoms with van der Waals surface area (Å²) in [6, 6.07) is 21.4. The Kier molecular flexibility index (Phi) is 5.48. The van der Waals surface area contributed by atoms with Crippen LogP contribution in [0, 0.1) is 5.92 Å². The van der Waals surface area contributed by atoms with E-state index in [1.807, 2.05) is 60.7 Å². The molecule has 1 aliphatic rings. The number of hydrogen-bond donors (Lipinski definition) is 1. The molecule has 0 spiro atoms. The molecule has 0 aliphatic carbocycles. The molecular formula is C22H20N2O3S. The first-order chi connectivity index (χ1) is 13.7. The molecule has 3 aromatic rings. The molecule has 28 heavy (non-hydrogen) atoms. The van der Waals surface area contributed by atoms with Crippen LogP contribution in [0.2, 0.25) is 0 Å². The number of nitrogens with one attached hydrogen (secondary N) is 1. The lowest BCUT2D eigenvalue weighted by Gasteiger charge is -2.16. The first-order valence-corrected chi connectivity index (χ1v) is 9.93. The Hall–Kier alpha value is -2.99. The van der Waals surface area contributed by atoms with Gasteiger partial charge < -0.3 is 14.6 Å². The lowest BCUT2D eigenvalue weighted by atomic mass is 10.1. The van der Waals surface area contributed by atoms with Crippen molar-refractivity contribution in [1.29, 1.82) is 0 Å². The lowest BCUT2D eigenvalue weighted by Crippen LogP contribution is -2.28.